The first-order valence-corrected chi connectivity index (χ1v) is 9.94. The number of aliphatic imine (C=N–C) groups is 1. The van der Waals surface area contributed by atoms with E-state index >= 15 is 0 Å². The van der Waals surface area contributed by atoms with Crippen molar-refractivity contribution in [2.75, 3.05) is 20.4 Å². The van der Waals surface area contributed by atoms with Gasteiger partial charge in [-0.2, -0.15) is 5.10 Å². The lowest BCUT2D eigenvalue weighted by Crippen LogP contribution is -2.37. The number of aromatic nitrogens is 3. The Morgan fingerprint density at radius 3 is 2.58 bits per heavy atom. The van der Waals surface area contributed by atoms with Crippen LogP contribution < -0.4 is 20.1 Å². The van der Waals surface area contributed by atoms with Crippen LogP contribution in [0.5, 0.6) is 11.5 Å². The van der Waals surface area contributed by atoms with Crippen molar-refractivity contribution in [3.8, 4) is 17.3 Å². The highest BCUT2D eigenvalue weighted by Gasteiger charge is 2.13. The fourth-order valence-electron chi connectivity index (χ4n) is 3.34. The van der Waals surface area contributed by atoms with Crippen LogP contribution in [0.4, 0.5) is 0 Å². The Labute approximate surface area is 199 Å². The summed E-state index contributed by atoms with van der Waals surface area (Å²) < 4.78 is 12.6. The summed E-state index contributed by atoms with van der Waals surface area (Å²) in [7, 11) is 1.76. The zero-order valence-corrected chi connectivity index (χ0v) is 20.2. The molecule has 0 unspecified atom stereocenters. The quantitative estimate of drug-likeness (QED) is 0.287. The Bertz CT molecular complexity index is 1050. The third-order valence-electron chi connectivity index (χ3n) is 4.86. The zero-order chi connectivity index (χ0) is 20.9. The summed E-state index contributed by atoms with van der Waals surface area (Å²) in [6, 6.07) is 12.1. The maximum absolute atomic E-state index is 5.43. The Kier molecular flexibility index (Phi) is 7.72. The van der Waals surface area contributed by atoms with Gasteiger partial charge in [-0.25, -0.2) is 9.67 Å². The van der Waals surface area contributed by atoms with E-state index < -0.39 is 0 Å². The number of ether oxygens (including phenoxy) is 2. The fraction of sp³-hybridized carbons (Fsp3) is 0.318. The molecule has 31 heavy (non-hydrogen) atoms. The van der Waals surface area contributed by atoms with Crippen LogP contribution in [0.3, 0.4) is 0 Å². The second kappa shape index (κ2) is 10.5. The van der Waals surface area contributed by atoms with E-state index in [2.05, 4.69) is 31.8 Å². The molecule has 1 aliphatic heterocycles. The predicted molar refractivity (Wildman–Crippen MR) is 131 cm³/mol. The Morgan fingerprint density at radius 2 is 1.87 bits per heavy atom. The van der Waals surface area contributed by atoms with Crippen molar-refractivity contribution in [1.29, 1.82) is 0 Å². The van der Waals surface area contributed by atoms with E-state index in [1.165, 1.54) is 5.56 Å². The van der Waals surface area contributed by atoms with Crippen molar-refractivity contribution in [3.05, 3.63) is 65.1 Å². The molecule has 0 bridgehead atoms. The van der Waals surface area contributed by atoms with E-state index in [-0.39, 0.29) is 24.0 Å². The molecule has 2 N–H and O–H groups in total. The average Bonchev–Trinajstić information content (AvgIpc) is 3.36. The summed E-state index contributed by atoms with van der Waals surface area (Å²) in [5, 5.41) is 11.1. The minimum Gasteiger partial charge on any atom is -0.454 e. The van der Waals surface area contributed by atoms with Crippen LogP contribution in [-0.4, -0.2) is 41.1 Å². The van der Waals surface area contributed by atoms with Crippen molar-refractivity contribution in [2.24, 2.45) is 4.99 Å². The second-order valence-electron chi connectivity index (χ2n) is 7.15. The van der Waals surface area contributed by atoms with E-state index in [0.29, 0.717) is 13.3 Å². The number of benzene rings is 1. The first kappa shape index (κ1) is 22.9. The number of pyridine rings is 1. The lowest BCUT2D eigenvalue weighted by atomic mass is 10.1. The summed E-state index contributed by atoms with van der Waals surface area (Å²) in [4.78, 5) is 8.82. The molecule has 0 aliphatic carbocycles. The van der Waals surface area contributed by atoms with Gasteiger partial charge in [0.05, 0.1) is 5.69 Å². The molecule has 1 aliphatic rings. The number of fused-ring (bicyclic) bond motifs is 1. The van der Waals surface area contributed by atoms with Crippen LogP contribution in [0.25, 0.3) is 5.82 Å². The topological polar surface area (TPSA) is 85.6 Å². The lowest BCUT2D eigenvalue weighted by Gasteiger charge is -2.12. The zero-order valence-electron chi connectivity index (χ0n) is 17.9. The van der Waals surface area contributed by atoms with Crippen LogP contribution in [0.1, 0.15) is 22.5 Å². The van der Waals surface area contributed by atoms with Crippen LogP contribution in [0.2, 0.25) is 0 Å². The van der Waals surface area contributed by atoms with Gasteiger partial charge in [0.1, 0.15) is 0 Å². The largest absolute Gasteiger partial charge is 0.454 e. The van der Waals surface area contributed by atoms with Crippen molar-refractivity contribution >= 4 is 29.9 Å². The summed E-state index contributed by atoms with van der Waals surface area (Å²) in [5.41, 5.74) is 4.30. The summed E-state index contributed by atoms with van der Waals surface area (Å²) in [6.45, 7) is 5.69. The lowest BCUT2D eigenvalue weighted by molar-refractivity contribution is 0.174. The molecule has 0 fully saturated rings. The van der Waals surface area contributed by atoms with Crippen LogP contribution in [0.15, 0.2) is 47.6 Å². The Balaban J connectivity index is 0.00000272. The third-order valence-corrected chi connectivity index (χ3v) is 4.86. The number of rotatable bonds is 6. The molecule has 164 valence electrons. The molecule has 0 saturated carbocycles. The summed E-state index contributed by atoms with van der Waals surface area (Å²) in [6.07, 6.45) is 2.72. The van der Waals surface area contributed by atoms with Crippen LogP contribution in [-0.2, 0) is 13.0 Å². The molecule has 0 saturated heterocycles. The van der Waals surface area contributed by atoms with E-state index in [9.17, 15) is 0 Å². The minimum absolute atomic E-state index is 0. The summed E-state index contributed by atoms with van der Waals surface area (Å²) in [5.74, 6) is 3.18. The highest BCUT2D eigenvalue weighted by atomic mass is 127. The smallest absolute Gasteiger partial charge is 0.231 e. The Morgan fingerprint density at radius 1 is 1.06 bits per heavy atom. The molecular formula is C22H27IN6O2. The number of hydrogen-bond acceptors (Lipinski definition) is 5. The van der Waals surface area contributed by atoms with Crippen LogP contribution in [0, 0.1) is 13.8 Å². The molecule has 9 heteroatoms. The van der Waals surface area contributed by atoms with Gasteiger partial charge in [-0.3, -0.25) is 4.99 Å². The van der Waals surface area contributed by atoms with Gasteiger partial charge in [-0.05, 0) is 55.7 Å². The Hall–Kier alpha value is -2.82. The van der Waals surface area contributed by atoms with Gasteiger partial charge >= 0.3 is 0 Å². The van der Waals surface area contributed by atoms with Gasteiger partial charge in [0.15, 0.2) is 23.3 Å². The standard InChI is InChI=1S/C22H26N6O2.HI/c1-15-10-16(2)28(27-15)21-7-5-18(12-25-21)13-26-22(23-3)24-9-8-17-4-6-19-20(11-17)30-14-29-19;/h4-7,10-12H,8-9,13-14H2,1-3H3,(H2,23,24,26);1H. The molecule has 3 aromatic rings. The fourth-order valence-corrected chi connectivity index (χ4v) is 3.34. The molecule has 0 radical (unpaired) electrons. The van der Waals surface area contributed by atoms with Gasteiger partial charge in [0.2, 0.25) is 6.79 Å². The van der Waals surface area contributed by atoms with Crippen LogP contribution >= 0.6 is 24.0 Å². The molecule has 1 aromatic carbocycles. The average molecular weight is 534 g/mol. The van der Waals surface area contributed by atoms with E-state index in [1.807, 2.05) is 55.1 Å². The van der Waals surface area contributed by atoms with E-state index in [0.717, 1.165) is 53.2 Å². The molecule has 0 amide bonds. The molecule has 4 rings (SSSR count). The van der Waals surface area contributed by atoms with Gasteiger partial charge in [0.25, 0.3) is 0 Å². The summed E-state index contributed by atoms with van der Waals surface area (Å²) >= 11 is 0. The van der Waals surface area contributed by atoms with E-state index in [1.54, 1.807) is 7.05 Å². The van der Waals surface area contributed by atoms with Gasteiger partial charge < -0.3 is 20.1 Å². The van der Waals surface area contributed by atoms with Gasteiger partial charge in [-0.15, -0.1) is 24.0 Å². The number of nitrogens with one attached hydrogen (secondary N) is 2. The SMILES string of the molecule is CN=C(NCCc1ccc2c(c1)OCO2)NCc1ccc(-n2nc(C)cc2C)nc1.I. The first-order valence-electron chi connectivity index (χ1n) is 9.94. The number of halogens is 1. The molecule has 0 spiro atoms. The number of nitrogens with zero attached hydrogens (tertiary/aromatic N) is 4. The maximum Gasteiger partial charge on any atom is 0.231 e. The second-order valence-corrected chi connectivity index (χ2v) is 7.15. The highest BCUT2D eigenvalue weighted by molar-refractivity contribution is 14.0. The predicted octanol–water partition coefficient (Wildman–Crippen LogP) is 3.14. The number of guanidine groups is 1. The minimum atomic E-state index is 0. The first-order chi connectivity index (χ1) is 14.6. The van der Waals surface area contributed by atoms with Crippen molar-refractivity contribution in [3.63, 3.8) is 0 Å². The van der Waals surface area contributed by atoms with Gasteiger partial charge in [0, 0.05) is 32.0 Å². The molecular weight excluding hydrogens is 507 g/mol. The van der Waals surface area contributed by atoms with Crippen molar-refractivity contribution in [2.45, 2.75) is 26.8 Å². The normalized spacial score (nSPS) is 12.4. The molecule has 8 nitrogen and oxygen atoms in total. The monoisotopic (exact) mass is 534 g/mol. The van der Waals surface area contributed by atoms with Crippen molar-refractivity contribution in [1.82, 2.24) is 25.4 Å². The maximum atomic E-state index is 5.43. The number of aryl methyl sites for hydroxylation is 2. The molecule has 0 atom stereocenters. The molecule has 3 heterocycles. The third kappa shape index (κ3) is 5.66. The molecule has 2 aromatic heterocycles. The highest BCUT2D eigenvalue weighted by Crippen LogP contribution is 2.32. The van der Waals surface area contributed by atoms with E-state index in [4.69, 9.17) is 9.47 Å². The number of hydrogen-bond donors (Lipinski definition) is 2. The van der Waals surface area contributed by atoms with Crippen molar-refractivity contribution < 1.29 is 9.47 Å². The van der Waals surface area contributed by atoms with Gasteiger partial charge in [-0.1, -0.05) is 12.1 Å².